The molecule has 2 fully saturated rings. The fourth-order valence-electron chi connectivity index (χ4n) is 3.72. The molecule has 0 aliphatic carbocycles. The average molecular weight is 451 g/mol. The van der Waals surface area contributed by atoms with E-state index in [-0.39, 0.29) is 11.3 Å². The number of pyridine rings is 1. The number of carboxylic acids is 1. The third-order valence-electron chi connectivity index (χ3n) is 5.34. The van der Waals surface area contributed by atoms with Gasteiger partial charge in [-0.15, -0.1) is 0 Å². The Bertz CT molecular complexity index is 854. The van der Waals surface area contributed by atoms with Crippen molar-refractivity contribution in [2.45, 2.75) is 38.4 Å². The van der Waals surface area contributed by atoms with Gasteiger partial charge in [0.2, 0.25) is 15.9 Å². The van der Waals surface area contributed by atoms with Gasteiger partial charge in [-0.2, -0.15) is 13.2 Å². The molecule has 1 spiro atoms. The van der Waals surface area contributed by atoms with Crippen molar-refractivity contribution in [2.75, 3.05) is 25.9 Å². The van der Waals surface area contributed by atoms with E-state index in [9.17, 15) is 26.4 Å². The van der Waals surface area contributed by atoms with Crippen LogP contribution in [-0.2, 0) is 26.2 Å². The Kier molecular flexibility index (Phi) is 7.45. The van der Waals surface area contributed by atoms with Crippen molar-refractivity contribution < 1.29 is 36.3 Å². The Labute approximate surface area is 172 Å². The summed E-state index contributed by atoms with van der Waals surface area (Å²) in [6.07, 6.45) is 2.75. The number of amides is 1. The van der Waals surface area contributed by atoms with Gasteiger partial charge in [0.1, 0.15) is 0 Å². The quantitative estimate of drug-likeness (QED) is 0.752. The molecule has 30 heavy (non-hydrogen) atoms. The number of carbonyl (C=O) groups excluding carboxylic acids is 1. The topological polar surface area (TPSA) is 108 Å². The lowest BCUT2D eigenvalue weighted by atomic mass is 9.72. The van der Waals surface area contributed by atoms with Crippen LogP contribution in [0.15, 0.2) is 24.5 Å². The molecule has 1 amide bonds. The van der Waals surface area contributed by atoms with Crippen molar-refractivity contribution in [3.63, 3.8) is 0 Å². The monoisotopic (exact) mass is 451 g/mol. The number of alkyl halides is 3. The molecule has 0 aromatic carbocycles. The molecule has 12 heteroatoms. The van der Waals surface area contributed by atoms with Gasteiger partial charge in [0.25, 0.3) is 0 Å². The van der Waals surface area contributed by atoms with Gasteiger partial charge in [0.05, 0.1) is 11.7 Å². The number of carbonyl (C=O) groups is 2. The zero-order valence-electron chi connectivity index (χ0n) is 16.4. The molecule has 3 rings (SSSR count). The highest BCUT2D eigenvalue weighted by molar-refractivity contribution is 7.88. The van der Waals surface area contributed by atoms with Crippen LogP contribution in [0.1, 0.15) is 31.2 Å². The molecule has 0 saturated carbocycles. The molecular weight excluding hydrogens is 427 g/mol. The van der Waals surface area contributed by atoms with Crippen LogP contribution in [0, 0.1) is 5.41 Å². The van der Waals surface area contributed by atoms with Crippen LogP contribution in [0.25, 0.3) is 0 Å². The summed E-state index contributed by atoms with van der Waals surface area (Å²) in [6.45, 7) is 2.29. The van der Waals surface area contributed by atoms with Gasteiger partial charge in [-0.25, -0.2) is 17.5 Å². The maximum atomic E-state index is 13.0. The summed E-state index contributed by atoms with van der Waals surface area (Å²) in [5, 5.41) is 7.12. The second-order valence-electron chi connectivity index (χ2n) is 7.43. The molecular formula is C18H24F3N3O5S. The minimum Gasteiger partial charge on any atom is -0.475 e. The first-order valence-electron chi connectivity index (χ1n) is 9.29. The molecule has 2 aliphatic rings. The second kappa shape index (κ2) is 9.29. The molecule has 2 saturated heterocycles. The molecule has 0 atom stereocenters. The highest BCUT2D eigenvalue weighted by Crippen LogP contribution is 2.41. The van der Waals surface area contributed by atoms with Crippen LogP contribution in [0.5, 0.6) is 0 Å². The summed E-state index contributed by atoms with van der Waals surface area (Å²) in [5.74, 6) is -2.57. The largest absolute Gasteiger partial charge is 0.490 e. The van der Waals surface area contributed by atoms with Gasteiger partial charge in [0, 0.05) is 38.6 Å². The number of aromatic nitrogens is 1. The van der Waals surface area contributed by atoms with Crippen molar-refractivity contribution in [1.29, 1.82) is 0 Å². The van der Waals surface area contributed by atoms with Gasteiger partial charge in [0.15, 0.2) is 0 Å². The lowest BCUT2D eigenvalue weighted by Gasteiger charge is -2.45. The molecule has 0 radical (unpaired) electrons. The molecule has 3 heterocycles. The molecule has 1 N–H and O–H groups in total. The maximum absolute atomic E-state index is 13.0. The molecule has 0 unspecified atom stereocenters. The first kappa shape index (κ1) is 24.1. The first-order valence-corrected chi connectivity index (χ1v) is 11.1. The number of halogens is 3. The average Bonchev–Trinajstić information content (AvgIpc) is 2.66. The number of carboxylic acid groups (broad SMARTS) is 1. The first-order chi connectivity index (χ1) is 13.8. The number of likely N-dealkylation sites (tertiary alicyclic amines) is 1. The Morgan fingerprint density at radius 1 is 1.17 bits per heavy atom. The Hall–Kier alpha value is -2.21. The second-order valence-corrected chi connectivity index (χ2v) is 9.41. The predicted octanol–water partition coefficient (Wildman–Crippen LogP) is 1.88. The Morgan fingerprint density at radius 3 is 2.17 bits per heavy atom. The van der Waals surface area contributed by atoms with Crippen LogP contribution in [0.3, 0.4) is 0 Å². The molecule has 168 valence electrons. The third-order valence-corrected chi connectivity index (χ3v) is 6.64. The summed E-state index contributed by atoms with van der Waals surface area (Å²) >= 11 is 0. The third kappa shape index (κ3) is 6.14. The Morgan fingerprint density at radius 2 is 1.70 bits per heavy atom. The number of hydrogen-bond acceptors (Lipinski definition) is 5. The van der Waals surface area contributed by atoms with E-state index in [1.54, 1.807) is 12.4 Å². The Balaban J connectivity index is 0.000000396. The molecule has 2 aliphatic heterocycles. The van der Waals surface area contributed by atoms with E-state index in [0.717, 1.165) is 24.9 Å². The van der Waals surface area contributed by atoms with Crippen molar-refractivity contribution in [1.82, 2.24) is 14.2 Å². The summed E-state index contributed by atoms with van der Waals surface area (Å²) in [5.41, 5.74) is 0.714. The summed E-state index contributed by atoms with van der Waals surface area (Å²) in [6, 6.07) is 3.86. The van der Waals surface area contributed by atoms with E-state index in [1.165, 1.54) is 10.6 Å². The van der Waals surface area contributed by atoms with Gasteiger partial charge < -0.3 is 10.0 Å². The SMILES string of the molecule is CS(=O)(=O)N1CCC2(CCCN(Cc3ccncc3)C2=O)CC1.O=C(O)C(F)(F)F. The number of piperidine rings is 2. The van der Waals surface area contributed by atoms with Gasteiger partial charge in [-0.1, -0.05) is 0 Å². The smallest absolute Gasteiger partial charge is 0.475 e. The van der Waals surface area contributed by atoms with Gasteiger partial charge >= 0.3 is 12.1 Å². The highest BCUT2D eigenvalue weighted by atomic mass is 32.2. The van der Waals surface area contributed by atoms with E-state index in [4.69, 9.17) is 9.90 Å². The number of rotatable bonds is 3. The summed E-state index contributed by atoms with van der Waals surface area (Å²) < 4.78 is 56.6. The standard InChI is InChI=1S/C16H23N3O3S.C2HF3O2/c1-23(21,22)19-11-6-16(7-12-19)5-2-10-18(15(16)20)13-14-3-8-17-9-4-14;3-2(4,5)1(6)7/h3-4,8-9H,2,5-7,10-13H2,1H3;(H,6,7). The number of nitrogens with zero attached hydrogens (tertiary/aromatic N) is 3. The van der Waals surface area contributed by atoms with Crippen molar-refractivity contribution in [2.24, 2.45) is 5.41 Å². The summed E-state index contributed by atoms with van der Waals surface area (Å²) in [7, 11) is -3.16. The van der Waals surface area contributed by atoms with Crippen LogP contribution in [0.2, 0.25) is 0 Å². The predicted molar refractivity (Wildman–Crippen MR) is 101 cm³/mol. The number of hydrogen-bond donors (Lipinski definition) is 1. The van der Waals surface area contributed by atoms with Crippen LogP contribution in [0.4, 0.5) is 13.2 Å². The van der Waals surface area contributed by atoms with Crippen molar-refractivity contribution in [3.8, 4) is 0 Å². The molecule has 1 aromatic rings. The van der Waals surface area contributed by atoms with E-state index in [0.29, 0.717) is 32.5 Å². The molecule has 1 aromatic heterocycles. The van der Waals surface area contributed by atoms with Crippen LogP contribution < -0.4 is 0 Å². The van der Waals surface area contributed by atoms with Gasteiger partial charge in [-0.05, 0) is 43.4 Å². The minimum atomic E-state index is -5.08. The maximum Gasteiger partial charge on any atom is 0.490 e. The lowest BCUT2D eigenvalue weighted by Crippen LogP contribution is -2.53. The van der Waals surface area contributed by atoms with Gasteiger partial charge in [-0.3, -0.25) is 9.78 Å². The lowest BCUT2D eigenvalue weighted by molar-refractivity contribution is -0.192. The molecule has 8 nitrogen and oxygen atoms in total. The fraction of sp³-hybridized carbons (Fsp3) is 0.611. The normalized spacial score (nSPS) is 19.9. The fourth-order valence-corrected chi connectivity index (χ4v) is 4.57. The van der Waals surface area contributed by atoms with Crippen molar-refractivity contribution in [3.05, 3.63) is 30.1 Å². The highest BCUT2D eigenvalue weighted by Gasteiger charge is 2.46. The van der Waals surface area contributed by atoms with Crippen LogP contribution in [-0.4, -0.2) is 71.7 Å². The van der Waals surface area contributed by atoms with Crippen molar-refractivity contribution >= 4 is 21.9 Å². The van der Waals surface area contributed by atoms with E-state index in [2.05, 4.69) is 4.98 Å². The minimum absolute atomic E-state index is 0.189. The zero-order valence-corrected chi connectivity index (χ0v) is 17.2. The summed E-state index contributed by atoms with van der Waals surface area (Å²) in [4.78, 5) is 27.8. The van der Waals surface area contributed by atoms with Crippen LogP contribution >= 0.6 is 0 Å². The van der Waals surface area contributed by atoms with E-state index >= 15 is 0 Å². The van der Waals surface area contributed by atoms with E-state index in [1.807, 2.05) is 17.0 Å². The molecule has 0 bridgehead atoms. The zero-order chi connectivity index (χ0) is 22.6. The number of aliphatic carboxylic acids is 1. The van der Waals surface area contributed by atoms with E-state index < -0.39 is 22.2 Å². The number of sulfonamides is 1.